The van der Waals surface area contributed by atoms with Crippen LogP contribution in [0.5, 0.6) is 0 Å². The van der Waals surface area contributed by atoms with E-state index >= 15 is 0 Å². The maximum Gasteiger partial charge on any atom is 0.0829 e. The predicted octanol–water partition coefficient (Wildman–Crippen LogP) is 1.52. The fourth-order valence-electron chi connectivity index (χ4n) is 2.77. The van der Waals surface area contributed by atoms with E-state index in [2.05, 4.69) is 49.9 Å². The molecule has 0 radical (unpaired) electrons. The van der Waals surface area contributed by atoms with Crippen molar-refractivity contribution in [1.82, 2.24) is 15.1 Å². The minimum absolute atomic E-state index is 0.373. The molecule has 0 bridgehead atoms. The highest BCUT2D eigenvalue weighted by atomic mass is 16.5. The van der Waals surface area contributed by atoms with E-state index in [0.717, 1.165) is 64.3 Å². The minimum atomic E-state index is 0.373. The Morgan fingerprint density at radius 2 is 2.00 bits per heavy atom. The molecule has 20 heavy (non-hydrogen) atoms. The molecule has 1 aliphatic heterocycles. The molecule has 1 heterocycles. The molecule has 0 unspecified atom stereocenters. The maximum atomic E-state index is 5.90. The quantitative estimate of drug-likeness (QED) is 0.650. The van der Waals surface area contributed by atoms with E-state index in [9.17, 15) is 0 Å². The van der Waals surface area contributed by atoms with Crippen molar-refractivity contribution in [3.05, 3.63) is 0 Å². The largest absolute Gasteiger partial charge is 0.374 e. The van der Waals surface area contributed by atoms with Crippen LogP contribution in [-0.4, -0.2) is 75.4 Å². The standard InChI is InChI=1S/C16H35N3O/c1-14(2)10-17-6-7-19-8-9-20-16(13-19)12-18(5)11-15(3)4/h14-17H,6-13H2,1-5H3/t16-/m1/s1. The summed E-state index contributed by atoms with van der Waals surface area (Å²) in [5.74, 6) is 1.46. The highest BCUT2D eigenvalue weighted by Crippen LogP contribution is 2.07. The summed E-state index contributed by atoms with van der Waals surface area (Å²) >= 11 is 0. The van der Waals surface area contributed by atoms with Crippen molar-refractivity contribution in [2.75, 3.05) is 59.5 Å². The average molecular weight is 285 g/mol. The van der Waals surface area contributed by atoms with E-state index in [1.807, 2.05) is 0 Å². The van der Waals surface area contributed by atoms with Gasteiger partial charge in [0.2, 0.25) is 0 Å². The molecule has 1 saturated heterocycles. The van der Waals surface area contributed by atoms with Crippen molar-refractivity contribution in [3.63, 3.8) is 0 Å². The zero-order chi connectivity index (χ0) is 15.0. The number of hydrogen-bond acceptors (Lipinski definition) is 4. The molecule has 1 atom stereocenters. The van der Waals surface area contributed by atoms with Gasteiger partial charge >= 0.3 is 0 Å². The first-order chi connectivity index (χ1) is 9.47. The number of likely N-dealkylation sites (N-methyl/N-ethyl adjacent to an activating group) is 1. The van der Waals surface area contributed by atoms with Crippen LogP contribution in [0.3, 0.4) is 0 Å². The lowest BCUT2D eigenvalue weighted by Crippen LogP contribution is -2.49. The van der Waals surface area contributed by atoms with Gasteiger partial charge in [-0.1, -0.05) is 27.7 Å². The highest BCUT2D eigenvalue weighted by molar-refractivity contribution is 4.75. The van der Waals surface area contributed by atoms with Crippen LogP contribution in [-0.2, 0) is 4.74 Å². The summed E-state index contributed by atoms with van der Waals surface area (Å²) in [6.45, 7) is 17.6. The smallest absolute Gasteiger partial charge is 0.0829 e. The summed E-state index contributed by atoms with van der Waals surface area (Å²) in [5.41, 5.74) is 0. The Bertz CT molecular complexity index is 246. The van der Waals surface area contributed by atoms with Crippen LogP contribution >= 0.6 is 0 Å². The first-order valence-corrected chi connectivity index (χ1v) is 8.20. The van der Waals surface area contributed by atoms with Crippen LogP contribution in [0.15, 0.2) is 0 Å². The van der Waals surface area contributed by atoms with Gasteiger partial charge in [0.15, 0.2) is 0 Å². The SMILES string of the molecule is CC(C)CNCCN1CCO[C@H](CN(C)CC(C)C)C1. The Hall–Kier alpha value is -0.160. The van der Waals surface area contributed by atoms with Gasteiger partial charge in [-0.25, -0.2) is 0 Å². The molecule has 0 aromatic rings. The van der Waals surface area contributed by atoms with Crippen LogP contribution in [0.1, 0.15) is 27.7 Å². The first-order valence-electron chi connectivity index (χ1n) is 8.20. The molecule has 1 fully saturated rings. The Morgan fingerprint density at radius 1 is 1.25 bits per heavy atom. The fourth-order valence-corrected chi connectivity index (χ4v) is 2.77. The molecule has 0 saturated carbocycles. The van der Waals surface area contributed by atoms with E-state index in [-0.39, 0.29) is 0 Å². The summed E-state index contributed by atoms with van der Waals surface area (Å²) in [4.78, 5) is 4.93. The van der Waals surface area contributed by atoms with Crippen molar-refractivity contribution in [2.24, 2.45) is 11.8 Å². The number of ether oxygens (including phenoxy) is 1. The van der Waals surface area contributed by atoms with Crippen LogP contribution in [0.25, 0.3) is 0 Å². The maximum absolute atomic E-state index is 5.90. The molecule has 4 heteroatoms. The van der Waals surface area contributed by atoms with Crippen LogP contribution in [0, 0.1) is 11.8 Å². The lowest BCUT2D eigenvalue weighted by Gasteiger charge is -2.35. The molecule has 1 N–H and O–H groups in total. The Kier molecular flexibility index (Phi) is 8.69. The van der Waals surface area contributed by atoms with E-state index in [1.54, 1.807) is 0 Å². The van der Waals surface area contributed by atoms with Gasteiger partial charge in [0.25, 0.3) is 0 Å². The molecule has 0 aliphatic carbocycles. The normalized spacial score (nSPS) is 21.3. The van der Waals surface area contributed by atoms with Crippen molar-refractivity contribution in [2.45, 2.75) is 33.8 Å². The predicted molar refractivity (Wildman–Crippen MR) is 86.2 cm³/mol. The molecule has 0 aromatic heterocycles. The zero-order valence-electron chi connectivity index (χ0n) is 14.2. The van der Waals surface area contributed by atoms with E-state index in [4.69, 9.17) is 4.74 Å². The van der Waals surface area contributed by atoms with Crippen molar-refractivity contribution >= 4 is 0 Å². The number of rotatable bonds is 9. The fraction of sp³-hybridized carbons (Fsp3) is 1.00. The lowest BCUT2D eigenvalue weighted by atomic mass is 10.2. The molecule has 0 aromatic carbocycles. The van der Waals surface area contributed by atoms with Gasteiger partial charge < -0.3 is 15.0 Å². The lowest BCUT2D eigenvalue weighted by molar-refractivity contribution is -0.0409. The van der Waals surface area contributed by atoms with E-state index in [0.29, 0.717) is 6.10 Å². The molecule has 1 aliphatic rings. The molecule has 0 amide bonds. The Morgan fingerprint density at radius 3 is 2.65 bits per heavy atom. The summed E-state index contributed by atoms with van der Waals surface area (Å²) in [6.07, 6.45) is 0.373. The second-order valence-electron chi connectivity index (χ2n) is 7.01. The van der Waals surface area contributed by atoms with Gasteiger partial charge in [0.1, 0.15) is 0 Å². The van der Waals surface area contributed by atoms with Crippen molar-refractivity contribution < 1.29 is 4.74 Å². The van der Waals surface area contributed by atoms with Gasteiger partial charge in [-0.05, 0) is 25.4 Å². The van der Waals surface area contributed by atoms with Gasteiger partial charge in [0.05, 0.1) is 12.7 Å². The molecule has 120 valence electrons. The third-order valence-corrected chi connectivity index (χ3v) is 3.57. The third-order valence-electron chi connectivity index (χ3n) is 3.57. The van der Waals surface area contributed by atoms with Gasteiger partial charge in [-0.3, -0.25) is 4.90 Å². The highest BCUT2D eigenvalue weighted by Gasteiger charge is 2.21. The van der Waals surface area contributed by atoms with E-state index < -0.39 is 0 Å². The zero-order valence-corrected chi connectivity index (χ0v) is 14.2. The average Bonchev–Trinajstić information content (AvgIpc) is 2.33. The van der Waals surface area contributed by atoms with Crippen molar-refractivity contribution in [3.8, 4) is 0 Å². The monoisotopic (exact) mass is 285 g/mol. The van der Waals surface area contributed by atoms with E-state index in [1.165, 1.54) is 0 Å². The molecular formula is C16H35N3O. The number of nitrogens with one attached hydrogen (secondary N) is 1. The van der Waals surface area contributed by atoms with Crippen LogP contribution < -0.4 is 5.32 Å². The second-order valence-corrected chi connectivity index (χ2v) is 7.01. The number of nitrogens with zero attached hydrogens (tertiary/aromatic N) is 2. The van der Waals surface area contributed by atoms with Gasteiger partial charge in [0, 0.05) is 39.3 Å². The topological polar surface area (TPSA) is 27.7 Å². The minimum Gasteiger partial charge on any atom is -0.374 e. The Balaban J connectivity index is 2.18. The molecule has 1 rings (SSSR count). The third kappa shape index (κ3) is 8.20. The number of hydrogen-bond donors (Lipinski definition) is 1. The second kappa shape index (κ2) is 9.72. The Labute approximate surface area is 125 Å². The van der Waals surface area contributed by atoms with Crippen LogP contribution in [0.2, 0.25) is 0 Å². The number of morpholine rings is 1. The molecule has 0 spiro atoms. The van der Waals surface area contributed by atoms with Gasteiger partial charge in [-0.15, -0.1) is 0 Å². The van der Waals surface area contributed by atoms with Crippen molar-refractivity contribution in [1.29, 1.82) is 0 Å². The summed E-state index contributed by atoms with van der Waals surface area (Å²) in [5, 5.41) is 3.52. The summed E-state index contributed by atoms with van der Waals surface area (Å²) < 4.78 is 5.90. The van der Waals surface area contributed by atoms with Gasteiger partial charge in [-0.2, -0.15) is 0 Å². The van der Waals surface area contributed by atoms with Crippen LogP contribution in [0.4, 0.5) is 0 Å². The molecular weight excluding hydrogens is 250 g/mol. The molecule has 4 nitrogen and oxygen atoms in total. The summed E-state index contributed by atoms with van der Waals surface area (Å²) in [6, 6.07) is 0. The first kappa shape index (κ1) is 17.9. The summed E-state index contributed by atoms with van der Waals surface area (Å²) in [7, 11) is 2.20.